The number of carbonyl (C=O) groups excluding carboxylic acids is 1. The number of hydrogen-bond acceptors (Lipinski definition) is 2. The Morgan fingerprint density at radius 3 is 2.78 bits per heavy atom. The summed E-state index contributed by atoms with van der Waals surface area (Å²) >= 11 is 0. The van der Waals surface area contributed by atoms with Crippen molar-refractivity contribution in [3.05, 3.63) is 42.1 Å². The highest BCUT2D eigenvalue weighted by atomic mass is 16.1. The molecule has 2 rings (SSSR count). The lowest BCUT2D eigenvalue weighted by Gasteiger charge is -2.15. The Morgan fingerprint density at radius 1 is 1.28 bits per heavy atom. The van der Waals surface area contributed by atoms with E-state index in [0.29, 0.717) is 0 Å². The maximum Gasteiger partial charge on any atom is 0.217 e. The molecule has 0 unspecified atom stereocenters. The van der Waals surface area contributed by atoms with Gasteiger partial charge in [0.2, 0.25) is 5.91 Å². The molecule has 0 saturated heterocycles. The summed E-state index contributed by atoms with van der Waals surface area (Å²) in [7, 11) is 0. The molecule has 0 aliphatic rings. The number of fused-ring (bicyclic) bond motifs is 1. The molecule has 0 radical (unpaired) electrons. The Bertz CT molecular complexity index is 551. The van der Waals surface area contributed by atoms with E-state index in [1.165, 1.54) is 0 Å². The van der Waals surface area contributed by atoms with Crippen LogP contribution in [-0.4, -0.2) is 16.9 Å². The number of pyridine rings is 1. The Balaban J connectivity index is 2.17. The highest BCUT2D eigenvalue weighted by Gasteiger charge is 2.09. The van der Waals surface area contributed by atoms with Gasteiger partial charge in [-0.15, -0.1) is 0 Å². The molecule has 1 N–H and O–H groups in total. The second kappa shape index (κ2) is 5.63. The van der Waals surface area contributed by atoms with Crippen LogP contribution in [0.5, 0.6) is 0 Å². The molecule has 3 heteroatoms. The summed E-state index contributed by atoms with van der Waals surface area (Å²) in [6, 6.07) is 12.3. The van der Waals surface area contributed by atoms with Gasteiger partial charge in [0.15, 0.2) is 0 Å². The number of nitrogens with one attached hydrogen (secondary N) is 1. The molecule has 1 aromatic heterocycles. The summed E-state index contributed by atoms with van der Waals surface area (Å²) < 4.78 is 0. The lowest BCUT2D eigenvalue weighted by Crippen LogP contribution is -2.34. The van der Waals surface area contributed by atoms with Crippen molar-refractivity contribution in [2.75, 3.05) is 0 Å². The molecule has 0 aliphatic heterocycles. The van der Waals surface area contributed by atoms with Crippen molar-refractivity contribution < 1.29 is 4.79 Å². The molecule has 3 nitrogen and oxygen atoms in total. The first-order valence-electron chi connectivity index (χ1n) is 6.31. The lowest BCUT2D eigenvalue weighted by atomic mass is 10.1. The number of amides is 1. The van der Waals surface area contributed by atoms with Crippen LogP contribution < -0.4 is 5.32 Å². The van der Waals surface area contributed by atoms with Crippen molar-refractivity contribution in [2.24, 2.45) is 0 Å². The Hall–Kier alpha value is -1.90. The van der Waals surface area contributed by atoms with E-state index in [9.17, 15) is 4.79 Å². The predicted octanol–water partition coefficient (Wildman–Crippen LogP) is 2.69. The molecular weight excluding hydrogens is 224 g/mol. The van der Waals surface area contributed by atoms with Crippen molar-refractivity contribution in [3.8, 4) is 0 Å². The third kappa shape index (κ3) is 3.06. The molecule has 0 saturated carbocycles. The van der Waals surface area contributed by atoms with E-state index in [-0.39, 0.29) is 11.9 Å². The fourth-order valence-electron chi connectivity index (χ4n) is 2.06. The van der Waals surface area contributed by atoms with Crippen LogP contribution in [0.1, 0.15) is 26.0 Å². The molecule has 1 aromatic carbocycles. The molecule has 0 fully saturated rings. The number of aromatic nitrogens is 1. The molecule has 0 aliphatic carbocycles. The smallest absolute Gasteiger partial charge is 0.217 e. The first kappa shape index (κ1) is 12.6. The number of hydrogen-bond donors (Lipinski definition) is 1. The molecule has 0 bridgehead atoms. The van der Waals surface area contributed by atoms with Gasteiger partial charge in [-0.05, 0) is 18.6 Å². The summed E-state index contributed by atoms with van der Waals surface area (Å²) in [5.74, 6) is 0.0163. The van der Waals surface area contributed by atoms with Crippen LogP contribution in [-0.2, 0) is 11.2 Å². The quantitative estimate of drug-likeness (QED) is 0.895. The largest absolute Gasteiger partial charge is 0.353 e. The summed E-state index contributed by atoms with van der Waals surface area (Å²) in [5, 5.41) is 4.09. The molecule has 1 amide bonds. The van der Waals surface area contributed by atoms with Gasteiger partial charge in [-0.3, -0.25) is 9.78 Å². The van der Waals surface area contributed by atoms with E-state index in [1.54, 1.807) is 6.92 Å². The number of nitrogens with zero attached hydrogens (tertiary/aromatic N) is 1. The van der Waals surface area contributed by atoms with E-state index >= 15 is 0 Å². The zero-order chi connectivity index (χ0) is 13.0. The van der Waals surface area contributed by atoms with Crippen LogP contribution in [0.25, 0.3) is 10.9 Å². The minimum Gasteiger partial charge on any atom is -0.353 e. The van der Waals surface area contributed by atoms with E-state index < -0.39 is 0 Å². The van der Waals surface area contributed by atoms with E-state index in [2.05, 4.69) is 29.4 Å². The van der Waals surface area contributed by atoms with Gasteiger partial charge >= 0.3 is 0 Å². The van der Waals surface area contributed by atoms with Gasteiger partial charge in [-0.2, -0.15) is 0 Å². The first-order chi connectivity index (χ1) is 8.69. The van der Waals surface area contributed by atoms with Crippen molar-refractivity contribution in [1.29, 1.82) is 0 Å². The van der Waals surface area contributed by atoms with Gasteiger partial charge in [0, 0.05) is 30.5 Å². The Labute approximate surface area is 107 Å². The van der Waals surface area contributed by atoms with E-state index in [1.807, 2.05) is 24.3 Å². The normalized spacial score (nSPS) is 12.3. The molecular formula is C15H18N2O. The Kier molecular flexibility index (Phi) is 3.92. The van der Waals surface area contributed by atoms with Gasteiger partial charge in [0.25, 0.3) is 0 Å². The maximum atomic E-state index is 11.1. The number of rotatable bonds is 4. The Morgan fingerprint density at radius 2 is 2.06 bits per heavy atom. The minimum atomic E-state index is 0.0163. The fourth-order valence-corrected chi connectivity index (χ4v) is 2.06. The summed E-state index contributed by atoms with van der Waals surface area (Å²) in [6.07, 6.45) is 1.69. The van der Waals surface area contributed by atoms with E-state index in [0.717, 1.165) is 29.4 Å². The third-order valence-electron chi connectivity index (χ3n) is 3.01. The molecule has 1 atom stereocenters. The minimum absolute atomic E-state index is 0.0163. The lowest BCUT2D eigenvalue weighted by molar-refractivity contribution is -0.119. The van der Waals surface area contributed by atoms with Crippen LogP contribution in [0, 0.1) is 0 Å². The van der Waals surface area contributed by atoms with Gasteiger partial charge in [0.05, 0.1) is 5.52 Å². The zero-order valence-electron chi connectivity index (χ0n) is 10.8. The monoisotopic (exact) mass is 242 g/mol. The van der Waals surface area contributed by atoms with Crippen molar-refractivity contribution in [2.45, 2.75) is 32.7 Å². The average molecular weight is 242 g/mol. The standard InChI is InChI=1S/C15H18N2O/c1-3-13(16-11(2)18)10-14-9-8-12-6-4-5-7-15(12)17-14/h4-9,13H,3,10H2,1-2H3,(H,16,18)/t13-/m0/s1. The van der Waals surface area contributed by atoms with Crippen LogP contribution in [0.2, 0.25) is 0 Å². The van der Waals surface area contributed by atoms with Crippen LogP contribution in [0.15, 0.2) is 36.4 Å². The summed E-state index contributed by atoms with van der Waals surface area (Å²) in [6.45, 7) is 3.62. The first-order valence-corrected chi connectivity index (χ1v) is 6.31. The van der Waals surface area contributed by atoms with Crippen molar-refractivity contribution in [3.63, 3.8) is 0 Å². The van der Waals surface area contributed by atoms with Gasteiger partial charge in [0.1, 0.15) is 0 Å². The molecule has 18 heavy (non-hydrogen) atoms. The SMILES string of the molecule is CC[C@@H](Cc1ccc2ccccc2n1)NC(C)=O. The van der Waals surface area contributed by atoms with Crippen LogP contribution >= 0.6 is 0 Å². The van der Waals surface area contributed by atoms with Crippen molar-refractivity contribution in [1.82, 2.24) is 10.3 Å². The maximum absolute atomic E-state index is 11.1. The number of carbonyl (C=O) groups is 1. The second-order valence-electron chi connectivity index (χ2n) is 4.51. The zero-order valence-corrected chi connectivity index (χ0v) is 10.8. The molecule has 2 aromatic rings. The topological polar surface area (TPSA) is 42.0 Å². The second-order valence-corrected chi connectivity index (χ2v) is 4.51. The van der Waals surface area contributed by atoms with Gasteiger partial charge in [-0.1, -0.05) is 31.2 Å². The molecule has 94 valence electrons. The van der Waals surface area contributed by atoms with Gasteiger partial charge in [-0.25, -0.2) is 0 Å². The number of para-hydroxylation sites is 1. The highest BCUT2D eigenvalue weighted by Crippen LogP contribution is 2.13. The fraction of sp³-hybridized carbons (Fsp3) is 0.333. The highest BCUT2D eigenvalue weighted by molar-refractivity contribution is 5.78. The van der Waals surface area contributed by atoms with Crippen LogP contribution in [0.3, 0.4) is 0 Å². The molecule has 0 spiro atoms. The summed E-state index contributed by atoms with van der Waals surface area (Å²) in [5.41, 5.74) is 2.03. The number of benzene rings is 1. The third-order valence-corrected chi connectivity index (χ3v) is 3.01. The summed E-state index contributed by atoms with van der Waals surface area (Å²) in [4.78, 5) is 15.7. The van der Waals surface area contributed by atoms with Gasteiger partial charge < -0.3 is 5.32 Å². The predicted molar refractivity (Wildman–Crippen MR) is 73.3 cm³/mol. The molecule has 1 heterocycles. The van der Waals surface area contributed by atoms with Crippen molar-refractivity contribution >= 4 is 16.8 Å². The van der Waals surface area contributed by atoms with Crippen LogP contribution in [0.4, 0.5) is 0 Å². The average Bonchev–Trinajstić information content (AvgIpc) is 2.37. The van der Waals surface area contributed by atoms with E-state index in [4.69, 9.17) is 0 Å².